The largest absolute Gasteiger partial charge is 0.349 e. The molecule has 0 unspecified atom stereocenters. The summed E-state index contributed by atoms with van der Waals surface area (Å²) in [5.41, 5.74) is 7.32. The van der Waals surface area contributed by atoms with Crippen LogP contribution in [-0.4, -0.2) is 16.5 Å². The predicted molar refractivity (Wildman–Crippen MR) is 131 cm³/mol. The molecule has 32 heavy (non-hydrogen) atoms. The Morgan fingerprint density at radius 2 is 1.62 bits per heavy atom. The molecular weight excluding hydrogens is 392 g/mol. The molecule has 0 spiro atoms. The lowest BCUT2D eigenvalue weighted by molar-refractivity contribution is 0.0910. The third-order valence-corrected chi connectivity index (χ3v) is 7.44. The first-order valence-electron chi connectivity index (χ1n) is 12.4. The lowest BCUT2D eigenvalue weighted by Crippen LogP contribution is -2.41. The summed E-state index contributed by atoms with van der Waals surface area (Å²) in [5, 5.41) is 3.29. The number of rotatable bonds is 4. The van der Waals surface area contributed by atoms with Crippen molar-refractivity contribution in [3.05, 3.63) is 77.5 Å². The molecule has 3 aromatic rings. The molecule has 3 nitrogen and oxygen atoms in total. The minimum Gasteiger partial charge on any atom is -0.349 e. The summed E-state index contributed by atoms with van der Waals surface area (Å²) in [5.74, 6) is 0.626. The van der Waals surface area contributed by atoms with Crippen LogP contribution in [0.2, 0.25) is 0 Å². The molecule has 0 bridgehead atoms. The number of amides is 1. The molecular formula is C29H34N2O. The van der Waals surface area contributed by atoms with Gasteiger partial charge >= 0.3 is 0 Å². The van der Waals surface area contributed by atoms with Crippen molar-refractivity contribution in [3.8, 4) is 16.9 Å². The molecule has 1 fully saturated rings. The highest BCUT2D eigenvalue weighted by atomic mass is 16.1. The predicted octanol–water partition coefficient (Wildman–Crippen LogP) is 6.72. The lowest BCUT2D eigenvalue weighted by Gasteiger charge is -2.29. The number of carbonyl (C=O) groups is 1. The maximum absolute atomic E-state index is 12.9. The Balaban J connectivity index is 1.46. The second-order valence-corrected chi connectivity index (χ2v) is 9.65. The van der Waals surface area contributed by atoms with Crippen molar-refractivity contribution in [2.45, 2.75) is 70.8 Å². The fourth-order valence-corrected chi connectivity index (χ4v) is 5.54. The molecule has 2 atom stereocenters. The molecule has 166 valence electrons. The Bertz CT molecular complexity index is 1060. The molecule has 1 heterocycles. The third kappa shape index (κ3) is 4.26. The first-order valence-corrected chi connectivity index (χ1v) is 12.4. The van der Waals surface area contributed by atoms with Crippen molar-refractivity contribution >= 4 is 5.91 Å². The van der Waals surface area contributed by atoms with E-state index >= 15 is 0 Å². The summed E-state index contributed by atoms with van der Waals surface area (Å²) in [6.45, 7) is 2.26. The van der Waals surface area contributed by atoms with Crippen molar-refractivity contribution in [3.63, 3.8) is 0 Å². The highest BCUT2D eigenvalue weighted by molar-refractivity contribution is 5.94. The number of aromatic nitrogens is 1. The zero-order valence-corrected chi connectivity index (χ0v) is 19.1. The van der Waals surface area contributed by atoms with E-state index in [4.69, 9.17) is 0 Å². The molecule has 1 aromatic heterocycles. The van der Waals surface area contributed by atoms with E-state index in [1.165, 1.54) is 61.0 Å². The van der Waals surface area contributed by atoms with E-state index in [1.54, 1.807) is 0 Å². The van der Waals surface area contributed by atoms with Gasteiger partial charge in [-0.3, -0.25) is 4.79 Å². The summed E-state index contributed by atoms with van der Waals surface area (Å²) in [6, 6.07) is 21.6. The highest BCUT2D eigenvalue weighted by Gasteiger charge is 2.24. The van der Waals surface area contributed by atoms with Crippen LogP contribution >= 0.6 is 0 Å². The van der Waals surface area contributed by atoms with Gasteiger partial charge in [0.25, 0.3) is 5.91 Å². The number of hydrogen-bond donors (Lipinski definition) is 1. The number of nitrogens with zero attached hydrogens (tertiary/aromatic N) is 1. The Morgan fingerprint density at radius 3 is 2.41 bits per heavy atom. The summed E-state index contributed by atoms with van der Waals surface area (Å²) in [7, 11) is 0. The molecule has 0 aliphatic heterocycles. The Hall–Kier alpha value is -2.81. The van der Waals surface area contributed by atoms with Gasteiger partial charge in [0.15, 0.2) is 0 Å². The number of benzene rings is 2. The van der Waals surface area contributed by atoms with Crippen LogP contribution in [0, 0.1) is 5.92 Å². The van der Waals surface area contributed by atoms with Gasteiger partial charge in [-0.05, 0) is 85.9 Å². The van der Waals surface area contributed by atoms with Crippen LogP contribution in [0.25, 0.3) is 16.9 Å². The molecule has 2 aliphatic rings. The van der Waals surface area contributed by atoms with Gasteiger partial charge in [0.05, 0.1) is 5.69 Å². The molecule has 1 saturated carbocycles. The van der Waals surface area contributed by atoms with Gasteiger partial charge in [-0.1, -0.05) is 56.5 Å². The van der Waals surface area contributed by atoms with Crippen LogP contribution in [-0.2, 0) is 12.8 Å². The van der Waals surface area contributed by atoms with E-state index in [2.05, 4.69) is 65.3 Å². The number of carbonyl (C=O) groups excluding carboxylic acids is 1. The second kappa shape index (κ2) is 9.36. The zero-order chi connectivity index (χ0) is 21.9. The van der Waals surface area contributed by atoms with Crippen molar-refractivity contribution in [1.29, 1.82) is 0 Å². The minimum absolute atomic E-state index is 0.0601. The van der Waals surface area contributed by atoms with E-state index in [0.29, 0.717) is 12.0 Å². The fraction of sp³-hybridized carbons (Fsp3) is 0.414. The standard InChI is InChI=1S/C29H34N2O/c1-21-10-8-9-14-26(21)30-29(32)23-16-18-25(19-17-23)31-27-15-7-3-6-13-24(27)20-28(31)22-11-4-2-5-12-22/h2,4-5,11-12,16-21,26H,3,6-10,13-15H2,1H3,(H,30,32)/t21-,26-/m0/s1. The van der Waals surface area contributed by atoms with Gasteiger partial charge in [0.1, 0.15) is 0 Å². The first kappa shape index (κ1) is 21.1. The molecule has 1 amide bonds. The van der Waals surface area contributed by atoms with Gasteiger partial charge in [0, 0.05) is 23.0 Å². The molecule has 0 saturated heterocycles. The third-order valence-electron chi connectivity index (χ3n) is 7.44. The first-order chi connectivity index (χ1) is 15.7. The van der Waals surface area contributed by atoms with Gasteiger partial charge in [-0.25, -0.2) is 0 Å². The Labute approximate surface area is 191 Å². The lowest BCUT2D eigenvalue weighted by atomic mass is 9.86. The number of fused-ring (bicyclic) bond motifs is 1. The summed E-state index contributed by atoms with van der Waals surface area (Å²) in [6.07, 6.45) is 10.9. The molecule has 3 heteroatoms. The molecule has 5 rings (SSSR count). The van der Waals surface area contributed by atoms with Crippen LogP contribution in [0.1, 0.15) is 73.5 Å². The van der Waals surface area contributed by atoms with Crippen molar-refractivity contribution in [2.75, 3.05) is 0 Å². The maximum Gasteiger partial charge on any atom is 0.251 e. The van der Waals surface area contributed by atoms with Gasteiger partial charge < -0.3 is 9.88 Å². The average molecular weight is 427 g/mol. The Kier molecular flexibility index (Phi) is 6.16. The van der Waals surface area contributed by atoms with Crippen LogP contribution in [0.15, 0.2) is 60.7 Å². The normalized spacial score (nSPS) is 20.9. The summed E-state index contributed by atoms with van der Waals surface area (Å²) < 4.78 is 2.43. The minimum atomic E-state index is 0.0601. The van der Waals surface area contributed by atoms with E-state index < -0.39 is 0 Å². The second-order valence-electron chi connectivity index (χ2n) is 9.65. The van der Waals surface area contributed by atoms with E-state index in [9.17, 15) is 4.79 Å². The summed E-state index contributed by atoms with van der Waals surface area (Å²) >= 11 is 0. The Morgan fingerprint density at radius 1 is 0.875 bits per heavy atom. The summed E-state index contributed by atoms with van der Waals surface area (Å²) in [4.78, 5) is 12.9. The quantitative estimate of drug-likeness (QED) is 0.462. The smallest absolute Gasteiger partial charge is 0.251 e. The average Bonchev–Trinajstić information content (AvgIpc) is 3.03. The van der Waals surface area contributed by atoms with Gasteiger partial charge in [0.2, 0.25) is 0 Å². The topological polar surface area (TPSA) is 34.0 Å². The molecule has 1 N–H and O–H groups in total. The molecule has 2 aromatic carbocycles. The number of nitrogens with one attached hydrogen (secondary N) is 1. The van der Waals surface area contributed by atoms with Crippen molar-refractivity contribution in [1.82, 2.24) is 9.88 Å². The van der Waals surface area contributed by atoms with Crippen molar-refractivity contribution < 1.29 is 4.79 Å². The fourth-order valence-electron chi connectivity index (χ4n) is 5.54. The van der Waals surface area contributed by atoms with Crippen molar-refractivity contribution in [2.24, 2.45) is 5.92 Å². The highest BCUT2D eigenvalue weighted by Crippen LogP contribution is 2.33. The monoisotopic (exact) mass is 426 g/mol. The van der Waals surface area contributed by atoms with Gasteiger partial charge in [-0.15, -0.1) is 0 Å². The SMILES string of the molecule is C[C@H]1CCCC[C@@H]1NC(=O)c1ccc(-n2c(-c3ccccc3)cc3c2CCCCC3)cc1. The van der Waals surface area contributed by atoms with E-state index in [-0.39, 0.29) is 5.91 Å². The van der Waals surface area contributed by atoms with Crippen LogP contribution in [0.3, 0.4) is 0 Å². The molecule has 2 aliphatic carbocycles. The van der Waals surface area contributed by atoms with Crippen LogP contribution in [0.4, 0.5) is 0 Å². The number of aryl methyl sites for hydroxylation is 1. The zero-order valence-electron chi connectivity index (χ0n) is 19.1. The van der Waals surface area contributed by atoms with E-state index in [1.807, 2.05) is 12.1 Å². The van der Waals surface area contributed by atoms with E-state index in [0.717, 1.165) is 30.5 Å². The maximum atomic E-state index is 12.9. The number of hydrogen-bond acceptors (Lipinski definition) is 1. The van der Waals surface area contributed by atoms with Gasteiger partial charge in [-0.2, -0.15) is 0 Å². The molecule has 0 radical (unpaired) electrons. The van der Waals surface area contributed by atoms with Crippen LogP contribution in [0.5, 0.6) is 0 Å². The van der Waals surface area contributed by atoms with Crippen LogP contribution < -0.4 is 5.32 Å².